The van der Waals surface area contributed by atoms with Crippen molar-refractivity contribution in [3.8, 4) is 0 Å². The molecule has 0 unspecified atom stereocenters. The minimum absolute atomic E-state index is 0.00383. The van der Waals surface area contributed by atoms with Crippen LogP contribution in [0.2, 0.25) is 5.02 Å². The molecule has 0 aliphatic rings. The molecule has 0 spiro atoms. The highest BCUT2D eigenvalue weighted by molar-refractivity contribution is 8.00. The van der Waals surface area contributed by atoms with E-state index < -0.39 is 30.1 Å². The smallest absolute Gasteiger partial charge is 0.316 e. The van der Waals surface area contributed by atoms with Gasteiger partial charge in [0.2, 0.25) is 0 Å². The number of nitrogens with one attached hydrogen (secondary N) is 1. The number of halogens is 3. The summed E-state index contributed by atoms with van der Waals surface area (Å²) >= 11 is 6.56. The number of thioether (sulfide) groups is 1. The molecular formula is C17H14ClF2NO3S. The molecular weight excluding hydrogens is 372 g/mol. The van der Waals surface area contributed by atoms with E-state index in [9.17, 15) is 18.4 Å². The van der Waals surface area contributed by atoms with Crippen LogP contribution in [0.4, 0.5) is 8.78 Å². The zero-order valence-corrected chi connectivity index (χ0v) is 14.5. The van der Waals surface area contributed by atoms with Gasteiger partial charge in [-0.15, -0.1) is 11.8 Å². The number of ether oxygens (including phenoxy) is 1. The van der Waals surface area contributed by atoms with Crippen LogP contribution in [0, 0.1) is 11.6 Å². The van der Waals surface area contributed by atoms with Crippen LogP contribution in [0.15, 0.2) is 47.4 Å². The molecule has 8 heteroatoms. The fourth-order valence-corrected chi connectivity index (χ4v) is 2.65. The number of carbonyl (C=O) groups is 2. The molecule has 2 aromatic rings. The van der Waals surface area contributed by atoms with Gasteiger partial charge in [-0.05, 0) is 35.9 Å². The molecule has 0 bridgehead atoms. The van der Waals surface area contributed by atoms with Crippen molar-refractivity contribution in [1.82, 2.24) is 5.32 Å². The molecule has 0 aliphatic carbocycles. The van der Waals surface area contributed by atoms with E-state index in [4.69, 9.17) is 16.3 Å². The quantitative estimate of drug-likeness (QED) is 0.584. The lowest BCUT2D eigenvalue weighted by Gasteiger charge is -2.07. The van der Waals surface area contributed by atoms with Crippen LogP contribution in [0.5, 0.6) is 0 Å². The van der Waals surface area contributed by atoms with Crippen molar-refractivity contribution in [1.29, 1.82) is 0 Å². The molecule has 2 aromatic carbocycles. The van der Waals surface area contributed by atoms with Crippen molar-refractivity contribution in [3.05, 3.63) is 64.7 Å². The van der Waals surface area contributed by atoms with Crippen LogP contribution in [-0.4, -0.2) is 24.2 Å². The predicted octanol–water partition coefficient (Wildman–Crippen LogP) is 3.57. The van der Waals surface area contributed by atoms with Gasteiger partial charge in [0, 0.05) is 16.5 Å². The van der Waals surface area contributed by atoms with Crippen LogP contribution >= 0.6 is 23.4 Å². The van der Waals surface area contributed by atoms with Gasteiger partial charge in [0.25, 0.3) is 5.91 Å². The Morgan fingerprint density at radius 1 is 1.12 bits per heavy atom. The highest BCUT2D eigenvalue weighted by atomic mass is 35.5. The maximum atomic E-state index is 13.4. The van der Waals surface area contributed by atoms with Crippen LogP contribution < -0.4 is 5.32 Å². The molecule has 0 fully saturated rings. The first-order chi connectivity index (χ1) is 11.9. The SMILES string of the molecule is O=C(COC(=O)CSc1cc(F)ccc1F)NCc1ccc(Cl)cc1. The number of benzene rings is 2. The summed E-state index contributed by atoms with van der Waals surface area (Å²) in [6, 6.07) is 9.89. The molecule has 0 heterocycles. The largest absolute Gasteiger partial charge is 0.455 e. The van der Waals surface area contributed by atoms with Crippen molar-refractivity contribution in [3.63, 3.8) is 0 Å². The van der Waals surface area contributed by atoms with E-state index in [2.05, 4.69) is 5.32 Å². The number of amides is 1. The van der Waals surface area contributed by atoms with Crippen molar-refractivity contribution in [2.45, 2.75) is 11.4 Å². The zero-order chi connectivity index (χ0) is 18.2. The van der Waals surface area contributed by atoms with E-state index in [-0.39, 0.29) is 17.2 Å². The average molecular weight is 386 g/mol. The van der Waals surface area contributed by atoms with Gasteiger partial charge < -0.3 is 10.1 Å². The second-order valence-electron chi connectivity index (χ2n) is 4.93. The maximum absolute atomic E-state index is 13.4. The Morgan fingerprint density at radius 2 is 1.84 bits per heavy atom. The van der Waals surface area contributed by atoms with Gasteiger partial charge in [-0.1, -0.05) is 23.7 Å². The summed E-state index contributed by atoms with van der Waals surface area (Å²) in [6.07, 6.45) is 0. The Morgan fingerprint density at radius 3 is 2.56 bits per heavy atom. The van der Waals surface area contributed by atoms with Gasteiger partial charge in [-0.3, -0.25) is 9.59 Å². The van der Waals surface area contributed by atoms with E-state index in [1.54, 1.807) is 24.3 Å². The third-order valence-electron chi connectivity index (χ3n) is 3.01. The molecule has 0 aromatic heterocycles. The summed E-state index contributed by atoms with van der Waals surface area (Å²) in [4.78, 5) is 23.2. The Bertz CT molecular complexity index is 756. The standard InChI is InChI=1S/C17H14ClF2NO3S/c18-12-3-1-11(2-4-12)8-21-16(22)9-24-17(23)10-25-15-7-13(19)5-6-14(15)20/h1-7H,8-10H2,(H,21,22). The number of hydrogen-bond donors (Lipinski definition) is 1. The highest BCUT2D eigenvalue weighted by Gasteiger charge is 2.11. The molecule has 0 saturated carbocycles. The van der Waals surface area contributed by atoms with Crippen molar-refractivity contribution in [2.75, 3.05) is 12.4 Å². The van der Waals surface area contributed by atoms with Crippen LogP contribution in [0.25, 0.3) is 0 Å². The van der Waals surface area contributed by atoms with Crippen molar-refractivity contribution < 1.29 is 23.1 Å². The van der Waals surface area contributed by atoms with Gasteiger partial charge >= 0.3 is 5.97 Å². The van der Waals surface area contributed by atoms with Gasteiger partial charge in [-0.2, -0.15) is 0 Å². The molecule has 0 radical (unpaired) electrons. The lowest BCUT2D eigenvalue weighted by atomic mass is 10.2. The topological polar surface area (TPSA) is 55.4 Å². The number of esters is 1. The summed E-state index contributed by atoms with van der Waals surface area (Å²) in [5.41, 5.74) is 0.848. The minimum Gasteiger partial charge on any atom is -0.455 e. The van der Waals surface area contributed by atoms with E-state index in [1.165, 1.54) is 0 Å². The first-order valence-corrected chi connectivity index (χ1v) is 8.55. The normalized spacial score (nSPS) is 10.4. The number of carbonyl (C=O) groups excluding carboxylic acids is 2. The first kappa shape index (κ1) is 19.2. The summed E-state index contributed by atoms with van der Waals surface area (Å²) in [5.74, 6) is -2.62. The van der Waals surface area contributed by atoms with Crippen LogP contribution in [-0.2, 0) is 20.9 Å². The summed E-state index contributed by atoms with van der Waals surface area (Å²) in [5, 5.41) is 3.18. The summed E-state index contributed by atoms with van der Waals surface area (Å²) in [7, 11) is 0. The lowest BCUT2D eigenvalue weighted by Crippen LogP contribution is -2.28. The van der Waals surface area contributed by atoms with Crippen molar-refractivity contribution >= 4 is 35.2 Å². The Balaban J connectivity index is 1.69. The van der Waals surface area contributed by atoms with Gasteiger partial charge in [0.1, 0.15) is 11.6 Å². The Kier molecular flexibility index (Phi) is 7.21. The highest BCUT2D eigenvalue weighted by Crippen LogP contribution is 2.22. The second kappa shape index (κ2) is 9.39. The zero-order valence-electron chi connectivity index (χ0n) is 12.9. The summed E-state index contributed by atoms with van der Waals surface area (Å²) < 4.78 is 31.2. The maximum Gasteiger partial charge on any atom is 0.316 e. The third-order valence-corrected chi connectivity index (χ3v) is 4.26. The molecule has 0 atom stereocenters. The van der Waals surface area contributed by atoms with Crippen LogP contribution in [0.1, 0.15) is 5.56 Å². The number of rotatable bonds is 7. The fraction of sp³-hybridized carbons (Fsp3) is 0.176. The monoisotopic (exact) mass is 385 g/mol. The summed E-state index contributed by atoms with van der Waals surface area (Å²) in [6.45, 7) is -0.171. The van der Waals surface area contributed by atoms with E-state index in [1.807, 2.05) is 0 Å². The van der Waals surface area contributed by atoms with E-state index in [0.29, 0.717) is 5.02 Å². The van der Waals surface area contributed by atoms with Gasteiger partial charge in [0.05, 0.1) is 5.75 Å². The predicted molar refractivity (Wildman–Crippen MR) is 91.3 cm³/mol. The molecule has 25 heavy (non-hydrogen) atoms. The molecule has 0 aliphatic heterocycles. The molecule has 4 nitrogen and oxygen atoms in total. The van der Waals surface area contributed by atoms with Gasteiger partial charge in [0.15, 0.2) is 6.61 Å². The molecule has 132 valence electrons. The number of hydrogen-bond acceptors (Lipinski definition) is 4. The first-order valence-electron chi connectivity index (χ1n) is 7.18. The molecule has 1 amide bonds. The molecule has 2 rings (SSSR count). The minimum atomic E-state index is -0.699. The van der Waals surface area contributed by atoms with Crippen molar-refractivity contribution in [2.24, 2.45) is 0 Å². The van der Waals surface area contributed by atoms with Crippen LogP contribution in [0.3, 0.4) is 0 Å². The second-order valence-corrected chi connectivity index (χ2v) is 6.38. The third kappa shape index (κ3) is 6.72. The Labute approximate surface area is 152 Å². The molecule has 1 N–H and O–H groups in total. The average Bonchev–Trinajstić information content (AvgIpc) is 2.60. The fourth-order valence-electron chi connectivity index (χ4n) is 1.77. The Hall–Kier alpha value is -2.12. The van der Waals surface area contributed by atoms with E-state index in [0.717, 1.165) is 35.5 Å². The van der Waals surface area contributed by atoms with Gasteiger partial charge in [-0.25, -0.2) is 8.78 Å². The molecule has 0 saturated heterocycles. The lowest BCUT2D eigenvalue weighted by molar-refractivity contribution is -0.145. The van der Waals surface area contributed by atoms with E-state index >= 15 is 0 Å².